The Labute approximate surface area is 185 Å². The van der Waals surface area contributed by atoms with Crippen LogP contribution in [-0.2, 0) is 0 Å². The van der Waals surface area contributed by atoms with Crippen LogP contribution < -0.4 is 15.5 Å². The van der Waals surface area contributed by atoms with Gasteiger partial charge in [0.05, 0.1) is 24.7 Å². The van der Waals surface area contributed by atoms with E-state index in [1.807, 2.05) is 0 Å². The van der Waals surface area contributed by atoms with Gasteiger partial charge in [-0.3, -0.25) is 0 Å². The lowest BCUT2D eigenvalue weighted by molar-refractivity contribution is 0.269. The van der Waals surface area contributed by atoms with Crippen LogP contribution in [0.1, 0.15) is 24.4 Å². The molecule has 7 nitrogen and oxygen atoms in total. The number of hydrogen-bond donors (Lipinski definition) is 3. The van der Waals surface area contributed by atoms with Crippen molar-refractivity contribution in [3.63, 3.8) is 0 Å². The standard InChI is InChI=1S/C20H18F4N6OS/c21-9-1-2-12(23)11(5-9)14-6-10(22)8-29(14)16-3-4-30-19(26-16)17(18(24)28-30)27-20(32)25-13-7-15(13)31/h1-5,10,13-15,31H,6-8H2,(H2,25,27,32)/t10-,13+,14+,15+/m0/s1. The highest BCUT2D eigenvalue weighted by Gasteiger charge is 2.37. The van der Waals surface area contributed by atoms with Gasteiger partial charge in [-0.1, -0.05) is 0 Å². The number of nitrogens with zero attached hydrogens (tertiary/aromatic N) is 4. The van der Waals surface area contributed by atoms with Gasteiger partial charge in [-0.2, -0.15) is 4.39 Å². The number of hydrogen-bond acceptors (Lipinski definition) is 5. The zero-order valence-electron chi connectivity index (χ0n) is 16.5. The van der Waals surface area contributed by atoms with Crippen LogP contribution in [0.25, 0.3) is 5.65 Å². The second-order valence-corrected chi connectivity index (χ2v) is 8.30. The summed E-state index contributed by atoms with van der Waals surface area (Å²) < 4.78 is 58.1. The lowest BCUT2D eigenvalue weighted by Gasteiger charge is -2.26. The minimum absolute atomic E-state index is 0.0261. The summed E-state index contributed by atoms with van der Waals surface area (Å²) in [5.74, 6) is -1.87. The van der Waals surface area contributed by atoms with Crippen LogP contribution in [0.2, 0.25) is 0 Å². The van der Waals surface area contributed by atoms with Crippen molar-refractivity contribution in [1.82, 2.24) is 19.9 Å². The molecule has 3 N–H and O–H groups in total. The lowest BCUT2D eigenvalue weighted by Crippen LogP contribution is -2.32. The molecule has 3 heterocycles. The molecule has 2 fully saturated rings. The second-order valence-electron chi connectivity index (χ2n) is 7.89. The summed E-state index contributed by atoms with van der Waals surface area (Å²) >= 11 is 5.16. The number of anilines is 2. The number of benzene rings is 1. The van der Waals surface area contributed by atoms with Gasteiger partial charge in [0, 0.05) is 18.2 Å². The van der Waals surface area contributed by atoms with Gasteiger partial charge >= 0.3 is 0 Å². The zero-order chi connectivity index (χ0) is 22.6. The van der Waals surface area contributed by atoms with Gasteiger partial charge in [-0.05, 0) is 42.9 Å². The van der Waals surface area contributed by atoms with E-state index < -0.39 is 35.9 Å². The monoisotopic (exact) mass is 466 g/mol. The first kappa shape index (κ1) is 20.9. The summed E-state index contributed by atoms with van der Waals surface area (Å²) in [4.78, 5) is 5.93. The fourth-order valence-electron chi connectivity index (χ4n) is 3.92. The highest BCUT2D eigenvalue weighted by molar-refractivity contribution is 7.80. The molecule has 2 aromatic heterocycles. The van der Waals surface area contributed by atoms with E-state index in [2.05, 4.69) is 20.7 Å². The summed E-state index contributed by atoms with van der Waals surface area (Å²) in [5, 5.41) is 18.8. The van der Waals surface area contributed by atoms with Crippen LogP contribution in [0.4, 0.5) is 29.1 Å². The minimum Gasteiger partial charge on any atom is -0.391 e. The molecule has 0 amide bonds. The van der Waals surface area contributed by atoms with Crippen molar-refractivity contribution >= 4 is 34.5 Å². The molecule has 4 atom stereocenters. The molecule has 3 aromatic rings. The SMILES string of the molecule is O[C@@H]1C[C@H]1NC(=S)Nc1c(F)nn2ccc(N3C[C@@H](F)C[C@@H]3c3cc(F)ccc3F)nc12. The topological polar surface area (TPSA) is 77.7 Å². The number of halogens is 4. The van der Waals surface area contributed by atoms with E-state index in [9.17, 15) is 22.7 Å². The zero-order valence-corrected chi connectivity index (χ0v) is 17.3. The van der Waals surface area contributed by atoms with E-state index in [0.29, 0.717) is 6.42 Å². The second kappa shape index (κ2) is 7.85. The summed E-state index contributed by atoms with van der Waals surface area (Å²) in [5.41, 5.74) is 0.0171. The van der Waals surface area contributed by atoms with E-state index in [0.717, 1.165) is 18.2 Å². The first-order chi connectivity index (χ1) is 15.3. The Balaban J connectivity index is 1.48. The predicted octanol–water partition coefficient (Wildman–Crippen LogP) is 2.86. The maximum Gasteiger partial charge on any atom is 0.258 e. The van der Waals surface area contributed by atoms with Crippen LogP contribution in [0.5, 0.6) is 0 Å². The summed E-state index contributed by atoms with van der Waals surface area (Å²) in [6, 6.07) is 3.58. The van der Waals surface area contributed by atoms with E-state index in [4.69, 9.17) is 12.2 Å². The highest BCUT2D eigenvalue weighted by Crippen LogP contribution is 2.38. The molecule has 1 saturated carbocycles. The smallest absolute Gasteiger partial charge is 0.258 e. The third-order valence-corrected chi connectivity index (χ3v) is 5.82. The Hall–Kier alpha value is -2.99. The number of aromatic nitrogens is 3. The number of nitrogens with one attached hydrogen (secondary N) is 2. The van der Waals surface area contributed by atoms with Crippen molar-refractivity contribution < 1.29 is 22.7 Å². The normalized spacial score (nSPS) is 24.7. The molecule has 12 heteroatoms. The summed E-state index contributed by atoms with van der Waals surface area (Å²) in [7, 11) is 0. The number of alkyl halides is 1. The minimum atomic E-state index is -1.28. The Morgan fingerprint density at radius 3 is 2.72 bits per heavy atom. The first-order valence-corrected chi connectivity index (χ1v) is 10.4. The van der Waals surface area contributed by atoms with Crippen LogP contribution >= 0.6 is 12.2 Å². The molecule has 0 unspecified atom stereocenters. The fraction of sp³-hybridized carbons (Fsp3) is 0.350. The number of fused-ring (bicyclic) bond motifs is 1. The van der Waals surface area contributed by atoms with Crippen molar-refractivity contribution in [2.75, 3.05) is 16.8 Å². The van der Waals surface area contributed by atoms with Gasteiger partial charge in [-0.25, -0.2) is 22.7 Å². The fourth-order valence-corrected chi connectivity index (χ4v) is 4.17. The Morgan fingerprint density at radius 1 is 1.19 bits per heavy atom. The molecule has 5 rings (SSSR count). The van der Waals surface area contributed by atoms with Crippen molar-refractivity contribution in [3.8, 4) is 0 Å². The van der Waals surface area contributed by atoms with Crippen LogP contribution in [0.3, 0.4) is 0 Å². The number of aliphatic hydroxyl groups is 1. The first-order valence-electron chi connectivity index (χ1n) is 9.96. The largest absolute Gasteiger partial charge is 0.391 e. The Morgan fingerprint density at radius 2 is 1.97 bits per heavy atom. The van der Waals surface area contributed by atoms with Crippen molar-refractivity contribution in [1.29, 1.82) is 0 Å². The lowest BCUT2D eigenvalue weighted by atomic mass is 10.0. The van der Waals surface area contributed by atoms with Crippen molar-refractivity contribution in [2.45, 2.75) is 37.2 Å². The Kier molecular flexibility index (Phi) is 5.13. The van der Waals surface area contributed by atoms with Crippen LogP contribution in [0, 0.1) is 17.6 Å². The number of thiocarbonyl (C=S) groups is 1. The predicted molar refractivity (Wildman–Crippen MR) is 113 cm³/mol. The highest BCUT2D eigenvalue weighted by atomic mass is 32.1. The van der Waals surface area contributed by atoms with Crippen molar-refractivity contribution in [2.24, 2.45) is 0 Å². The molecule has 32 heavy (non-hydrogen) atoms. The van der Waals surface area contributed by atoms with Gasteiger partial charge in [-0.15, -0.1) is 5.10 Å². The quantitative estimate of drug-likeness (QED) is 0.403. The Bertz CT molecular complexity index is 1210. The molecule has 168 valence electrons. The average Bonchev–Trinajstić information content (AvgIpc) is 3.15. The van der Waals surface area contributed by atoms with Gasteiger partial charge in [0.2, 0.25) is 0 Å². The number of rotatable bonds is 4. The van der Waals surface area contributed by atoms with Gasteiger partial charge in [0.1, 0.15) is 29.3 Å². The molecular weight excluding hydrogens is 448 g/mol. The molecule has 0 spiro atoms. The molecule has 2 aliphatic rings. The van der Waals surface area contributed by atoms with Crippen molar-refractivity contribution in [3.05, 3.63) is 53.6 Å². The van der Waals surface area contributed by atoms with E-state index in [-0.39, 0.29) is 46.8 Å². The molecule has 0 radical (unpaired) electrons. The van der Waals surface area contributed by atoms with E-state index in [1.54, 1.807) is 0 Å². The van der Waals surface area contributed by atoms with E-state index in [1.165, 1.54) is 21.7 Å². The molecule has 1 aliphatic carbocycles. The maximum atomic E-state index is 14.5. The van der Waals surface area contributed by atoms with E-state index >= 15 is 0 Å². The maximum absolute atomic E-state index is 14.5. The van der Waals surface area contributed by atoms with Gasteiger partial charge in [0.15, 0.2) is 10.8 Å². The average molecular weight is 466 g/mol. The molecular formula is C20H18F4N6OS. The van der Waals surface area contributed by atoms with Crippen LogP contribution in [0.15, 0.2) is 30.5 Å². The van der Waals surface area contributed by atoms with Gasteiger partial charge in [0.25, 0.3) is 5.95 Å². The summed E-state index contributed by atoms with van der Waals surface area (Å²) in [6.07, 6.45) is 0.166. The number of aliphatic hydroxyl groups excluding tert-OH is 1. The molecule has 1 saturated heterocycles. The third kappa shape index (κ3) is 3.84. The molecule has 1 aromatic carbocycles. The third-order valence-electron chi connectivity index (χ3n) is 5.60. The molecule has 1 aliphatic heterocycles. The van der Waals surface area contributed by atoms with Crippen LogP contribution in [-0.4, -0.2) is 49.7 Å². The van der Waals surface area contributed by atoms with Gasteiger partial charge < -0.3 is 20.6 Å². The summed E-state index contributed by atoms with van der Waals surface area (Å²) in [6.45, 7) is -0.0806. The molecule has 0 bridgehead atoms.